The van der Waals surface area contributed by atoms with Crippen LogP contribution < -0.4 is 11.0 Å². The number of rotatable bonds is 5. The Kier molecular flexibility index (Phi) is 4.83. The third kappa shape index (κ3) is 3.51. The third-order valence-corrected chi connectivity index (χ3v) is 6.49. The van der Waals surface area contributed by atoms with E-state index in [-0.39, 0.29) is 48.7 Å². The van der Waals surface area contributed by atoms with Crippen LogP contribution in [0.1, 0.15) is 46.0 Å². The van der Waals surface area contributed by atoms with Crippen LogP contribution in [-0.4, -0.2) is 53.6 Å². The van der Waals surface area contributed by atoms with Gasteiger partial charge in [-0.05, 0) is 58.1 Å². The summed E-state index contributed by atoms with van der Waals surface area (Å²) in [5, 5.41) is 7.34. The van der Waals surface area contributed by atoms with Gasteiger partial charge in [-0.3, -0.25) is 14.2 Å². The van der Waals surface area contributed by atoms with Crippen LogP contribution in [-0.2, 0) is 22.7 Å². The first-order valence-corrected chi connectivity index (χ1v) is 11.1. The van der Waals surface area contributed by atoms with E-state index < -0.39 is 0 Å². The Bertz CT molecular complexity index is 1210. The molecule has 1 aromatic carbocycles. The predicted octanol–water partition coefficient (Wildman–Crippen LogP) is 1.52. The Morgan fingerprint density at radius 2 is 1.71 bits per heavy atom. The fourth-order valence-corrected chi connectivity index (χ4v) is 4.80. The number of carbonyl (C=O) groups excluding carboxylic acids is 2. The number of likely N-dealkylation sites (tertiary alicyclic amines) is 1. The molecule has 0 spiro atoms. The van der Waals surface area contributed by atoms with E-state index in [1.165, 1.54) is 9.08 Å². The number of fused-ring (bicyclic) bond motifs is 3. The minimum Gasteiger partial charge on any atom is -0.352 e. The summed E-state index contributed by atoms with van der Waals surface area (Å²) in [5.41, 5.74) is 1.09. The molecule has 31 heavy (non-hydrogen) atoms. The number of hydrogen-bond acceptors (Lipinski definition) is 4. The van der Waals surface area contributed by atoms with Gasteiger partial charge in [-0.1, -0.05) is 12.1 Å². The number of para-hydroxylation sites is 2. The summed E-state index contributed by atoms with van der Waals surface area (Å²) in [7, 11) is 0. The smallest absolute Gasteiger partial charge is 0.352 e. The normalized spacial score (nSPS) is 21.7. The molecule has 2 amide bonds. The largest absolute Gasteiger partial charge is 0.352 e. The molecule has 1 saturated carbocycles. The first-order valence-electron chi connectivity index (χ1n) is 11.1. The van der Waals surface area contributed by atoms with E-state index in [0.717, 1.165) is 37.6 Å². The highest BCUT2D eigenvalue weighted by molar-refractivity contribution is 5.85. The number of piperidine rings is 1. The average Bonchev–Trinajstić information content (AvgIpc) is 3.42. The lowest BCUT2D eigenvalue weighted by molar-refractivity contribution is -0.137. The standard InChI is InChI=1S/C22H28N6O3/c1-14-6-5-7-15(2)27(14)20(30)13-25-17-8-3-4-9-18(17)28-21(25)24-26(22(28)31)12-19(29)23-16-10-11-16/h3-4,8-9,14-16H,5-7,10-13H2,1-2H3,(H,23,29)/t14-,15-/m0/s1. The number of carbonyl (C=O) groups is 2. The van der Waals surface area contributed by atoms with Crippen molar-refractivity contribution in [1.29, 1.82) is 0 Å². The van der Waals surface area contributed by atoms with Crippen LogP contribution in [0.2, 0.25) is 0 Å². The molecule has 2 atom stereocenters. The highest BCUT2D eigenvalue weighted by Crippen LogP contribution is 2.24. The summed E-state index contributed by atoms with van der Waals surface area (Å²) in [6.45, 7) is 4.17. The van der Waals surface area contributed by atoms with Crippen LogP contribution in [0, 0.1) is 0 Å². The van der Waals surface area contributed by atoms with E-state index in [9.17, 15) is 14.4 Å². The van der Waals surface area contributed by atoms with Crippen molar-refractivity contribution >= 4 is 28.6 Å². The topological polar surface area (TPSA) is 93.6 Å². The van der Waals surface area contributed by atoms with Crippen LogP contribution in [0.15, 0.2) is 29.1 Å². The number of aromatic nitrogens is 4. The van der Waals surface area contributed by atoms with Gasteiger partial charge >= 0.3 is 5.69 Å². The molecule has 0 bridgehead atoms. The molecule has 2 fully saturated rings. The molecule has 3 heterocycles. The van der Waals surface area contributed by atoms with Gasteiger partial charge in [0.2, 0.25) is 17.6 Å². The number of hydrogen-bond donors (Lipinski definition) is 1. The maximum absolute atomic E-state index is 13.3. The third-order valence-electron chi connectivity index (χ3n) is 6.49. The van der Waals surface area contributed by atoms with Crippen molar-refractivity contribution in [3.8, 4) is 0 Å². The maximum atomic E-state index is 13.3. The summed E-state index contributed by atoms with van der Waals surface area (Å²) in [4.78, 5) is 40.5. The molecule has 1 saturated heterocycles. The van der Waals surface area contributed by atoms with Crippen LogP contribution in [0.4, 0.5) is 0 Å². The van der Waals surface area contributed by atoms with Gasteiger partial charge in [-0.2, -0.15) is 0 Å². The molecule has 164 valence electrons. The molecule has 2 aromatic heterocycles. The van der Waals surface area contributed by atoms with Crippen molar-refractivity contribution < 1.29 is 9.59 Å². The minimum absolute atomic E-state index is 0.0245. The fourth-order valence-electron chi connectivity index (χ4n) is 4.80. The summed E-state index contributed by atoms with van der Waals surface area (Å²) in [5.74, 6) is 0.195. The molecular formula is C22H28N6O3. The highest BCUT2D eigenvalue weighted by atomic mass is 16.2. The predicted molar refractivity (Wildman–Crippen MR) is 116 cm³/mol. The van der Waals surface area contributed by atoms with Crippen LogP contribution in [0.5, 0.6) is 0 Å². The van der Waals surface area contributed by atoms with Crippen molar-refractivity contribution in [3.63, 3.8) is 0 Å². The molecule has 1 N–H and O–H groups in total. The minimum atomic E-state index is -0.372. The fraction of sp³-hybridized carbons (Fsp3) is 0.545. The zero-order valence-corrected chi connectivity index (χ0v) is 18.0. The average molecular weight is 425 g/mol. The Morgan fingerprint density at radius 1 is 1.03 bits per heavy atom. The van der Waals surface area contributed by atoms with Crippen LogP contribution >= 0.6 is 0 Å². The van der Waals surface area contributed by atoms with E-state index in [4.69, 9.17) is 0 Å². The lowest BCUT2D eigenvalue weighted by Crippen LogP contribution is -2.48. The van der Waals surface area contributed by atoms with Crippen molar-refractivity contribution in [2.24, 2.45) is 0 Å². The first-order chi connectivity index (χ1) is 14.9. The molecule has 3 aromatic rings. The van der Waals surface area contributed by atoms with Crippen molar-refractivity contribution in [3.05, 3.63) is 34.7 Å². The Hall–Kier alpha value is -3.10. The second-order valence-corrected chi connectivity index (χ2v) is 8.92. The number of amides is 2. The van der Waals surface area contributed by atoms with E-state index in [2.05, 4.69) is 24.3 Å². The molecule has 1 aliphatic heterocycles. The molecule has 9 nitrogen and oxygen atoms in total. The molecular weight excluding hydrogens is 396 g/mol. The van der Waals surface area contributed by atoms with Crippen LogP contribution in [0.25, 0.3) is 16.8 Å². The van der Waals surface area contributed by atoms with Gasteiger partial charge in [0.1, 0.15) is 13.1 Å². The molecule has 2 aliphatic rings. The van der Waals surface area contributed by atoms with Gasteiger partial charge in [-0.15, -0.1) is 5.10 Å². The molecule has 1 aliphatic carbocycles. The van der Waals surface area contributed by atoms with Gasteiger partial charge in [0.05, 0.1) is 11.0 Å². The zero-order valence-electron chi connectivity index (χ0n) is 18.0. The molecule has 0 radical (unpaired) electrons. The second kappa shape index (κ2) is 7.55. The maximum Gasteiger partial charge on any atom is 0.352 e. The Balaban J connectivity index is 1.53. The Labute approximate surface area is 179 Å². The summed E-state index contributed by atoms with van der Waals surface area (Å²) >= 11 is 0. The number of nitrogens with one attached hydrogen (secondary N) is 1. The van der Waals surface area contributed by atoms with Crippen molar-refractivity contribution in [1.82, 2.24) is 29.0 Å². The lowest BCUT2D eigenvalue weighted by atomic mass is 9.97. The Morgan fingerprint density at radius 3 is 2.39 bits per heavy atom. The molecule has 0 unspecified atom stereocenters. The van der Waals surface area contributed by atoms with Gasteiger partial charge in [0.15, 0.2) is 0 Å². The summed E-state index contributed by atoms with van der Waals surface area (Å²) < 4.78 is 4.48. The number of benzene rings is 1. The second-order valence-electron chi connectivity index (χ2n) is 8.92. The van der Waals surface area contributed by atoms with E-state index in [1.807, 2.05) is 29.2 Å². The van der Waals surface area contributed by atoms with Gasteiger partial charge < -0.3 is 10.2 Å². The van der Waals surface area contributed by atoms with E-state index in [0.29, 0.717) is 11.3 Å². The first kappa shape index (κ1) is 19.8. The van der Waals surface area contributed by atoms with Gasteiger partial charge in [-0.25, -0.2) is 13.9 Å². The SMILES string of the molecule is C[C@H]1CCC[C@H](C)N1C(=O)Cn1c2ccccc2n2c(=O)n(CC(=O)NC3CC3)nc12. The zero-order chi connectivity index (χ0) is 21.7. The van der Waals surface area contributed by atoms with Crippen LogP contribution in [0.3, 0.4) is 0 Å². The van der Waals surface area contributed by atoms with E-state index >= 15 is 0 Å². The highest BCUT2D eigenvalue weighted by Gasteiger charge is 2.30. The number of nitrogens with zero attached hydrogens (tertiary/aromatic N) is 5. The summed E-state index contributed by atoms with van der Waals surface area (Å²) in [6.07, 6.45) is 5.10. The lowest BCUT2D eigenvalue weighted by Gasteiger charge is -2.39. The summed E-state index contributed by atoms with van der Waals surface area (Å²) in [6, 6.07) is 8.08. The van der Waals surface area contributed by atoms with Gasteiger partial charge in [0, 0.05) is 18.1 Å². The molecule has 5 rings (SSSR count). The molecule has 9 heteroatoms. The van der Waals surface area contributed by atoms with Crippen molar-refractivity contribution in [2.45, 2.75) is 77.2 Å². The van der Waals surface area contributed by atoms with E-state index in [1.54, 1.807) is 4.57 Å². The quantitative estimate of drug-likeness (QED) is 0.672. The number of imidazole rings is 1. The van der Waals surface area contributed by atoms with Crippen molar-refractivity contribution in [2.75, 3.05) is 0 Å². The monoisotopic (exact) mass is 424 g/mol. The van der Waals surface area contributed by atoms with Gasteiger partial charge in [0.25, 0.3) is 0 Å².